The molecule has 1 aromatic rings. The summed E-state index contributed by atoms with van der Waals surface area (Å²) in [5, 5.41) is 0.146. The van der Waals surface area contributed by atoms with Crippen LogP contribution < -0.4 is 0 Å². The Hall–Kier alpha value is -1.45. The molecule has 0 aliphatic rings. The topological polar surface area (TPSA) is 20.3 Å². The first-order chi connectivity index (χ1) is 8.14. The second-order valence-corrected chi connectivity index (χ2v) is 5.64. The van der Waals surface area contributed by atoms with Crippen molar-refractivity contribution in [1.82, 2.24) is 5.12 Å². The van der Waals surface area contributed by atoms with E-state index in [4.69, 9.17) is 0 Å². The molecule has 0 unspecified atom stereocenters. The first-order valence-electron chi connectivity index (χ1n) is 5.94. The fourth-order valence-electron chi connectivity index (χ4n) is 1.63. The zero-order valence-corrected chi connectivity index (χ0v) is 11.4. The summed E-state index contributed by atoms with van der Waals surface area (Å²) >= 11 is 0. The molecule has 0 spiro atoms. The zero-order chi connectivity index (χ0) is 14.1. The molecule has 1 amide bonds. The van der Waals surface area contributed by atoms with E-state index in [-0.39, 0.29) is 16.6 Å². The molecule has 0 aromatic heterocycles. The molecule has 0 saturated carbocycles. The van der Waals surface area contributed by atoms with Crippen LogP contribution in [0.25, 0.3) is 0 Å². The van der Waals surface area contributed by atoms with Crippen LogP contribution in [0.1, 0.15) is 56.5 Å². The third-order valence-electron chi connectivity index (χ3n) is 2.64. The summed E-state index contributed by atoms with van der Waals surface area (Å²) in [4.78, 5) is 12.1. The van der Waals surface area contributed by atoms with Crippen LogP contribution in [0.3, 0.4) is 0 Å². The van der Waals surface area contributed by atoms with E-state index in [1.807, 2.05) is 13.8 Å². The van der Waals surface area contributed by atoms with Gasteiger partial charge in [-0.3, -0.25) is 4.79 Å². The predicted molar refractivity (Wildman–Crippen MR) is 67.5 cm³/mol. The van der Waals surface area contributed by atoms with Crippen LogP contribution in [-0.4, -0.2) is 16.6 Å². The first-order valence-corrected chi connectivity index (χ1v) is 5.94. The van der Waals surface area contributed by atoms with Crippen LogP contribution in [0.2, 0.25) is 0 Å². The molecule has 18 heavy (non-hydrogen) atoms. The molecule has 0 saturated heterocycles. The summed E-state index contributed by atoms with van der Waals surface area (Å²) in [6, 6.07) is 3.91. The summed E-state index contributed by atoms with van der Waals surface area (Å²) in [7, 11) is 0. The summed E-state index contributed by atoms with van der Waals surface area (Å²) < 4.78 is 27.2. The van der Waals surface area contributed by atoms with Crippen molar-refractivity contribution in [2.75, 3.05) is 0 Å². The monoisotopic (exact) mass is 255 g/mol. The van der Waals surface area contributed by atoms with Gasteiger partial charge in [0.05, 0.1) is 5.54 Å². The molecule has 0 aliphatic heterocycles. The number of halogens is 2. The van der Waals surface area contributed by atoms with Crippen LogP contribution >= 0.6 is 0 Å². The van der Waals surface area contributed by atoms with Gasteiger partial charge in [-0.25, -0.2) is 4.39 Å². The van der Waals surface area contributed by atoms with Crippen molar-refractivity contribution in [2.45, 2.75) is 46.1 Å². The van der Waals surface area contributed by atoms with Crippen molar-refractivity contribution in [3.05, 3.63) is 35.1 Å². The van der Waals surface area contributed by atoms with Crippen LogP contribution in [0.5, 0.6) is 0 Å². The molecule has 0 heterocycles. The first kappa shape index (κ1) is 14.6. The van der Waals surface area contributed by atoms with Crippen LogP contribution in [0.15, 0.2) is 18.2 Å². The van der Waals surface area contributed by atoms with E-state index in [9.17, 15) is 13.7 Å². The van der Waals surface area contributed by atoms with Gasteiger partial charge in [-0.05, 0) is 44.4 Å². The third-order valence-corrected chi connectivity index (χ3v) is 2.64. The number of hydrogen-bond acceptors (Lipinski definition) is 1. The van der Waals surface area contributed by atoms with Crippen LogP contribution in [0.4, 0.5) is 8.87 Å². The van der Waals surface area contributed by atoms with Gasteiger partial charge in [0.2, 0.25) is 0 Å². The Balaban J connectivity index is 3.24. The Labute approximate surface area is 107 Å². The standard InChI is InChI=1S/C14H19F2NO/c1-9(2)11-7-6-10(15)8-12(11)13(18)17(16)14(3,4)5/h6-9H,1-5H3. The molecule has 1 aromatic carbocycles. The summed E-state index contributed by atoms with van der Waals surface area (Å²) in [6.07, 6.45) is 0. The minimum Gasteiger partial charge on any atom is -0.266 e. The Morgan fingerprint density at radius 3 is 2.28 bits per heavy atom. The lowest BCUT2D eigenvalue weighted by Gasteiger charge is -2.27. The number of carbonyl (C=O) groups excluding carboxylic acids is 1. The SMILES string of the molecule is CC(C)c1ccc(F)cc1C(=O)N(F)C(C)(C)C. The van der Waals surface area contributed by atoms with E-state index >= 15 is 0 Å². The van der Waals surface area contributed by atoms with Gasteiger partial charge >= 0.3 is 0 Å². The average molecular weight is 255 g/mol. The molecule has 0 aliphatic carbocycles. The molecule has 2 nitrogen and oxygen atoms in total. The predicted octanol–water partition coefficient (Wildman–Crippen LogP) is 4.07. The minimum absolute atomic E-state index is 0.0259. The third kappa shape index (κ3) is 3.06. The highest BCUT2D eigenvalue weighted by Crippen LogP contribution is 2.25. The van der Waals surface area contributed by atoms with E-state index in [2.05, 4.69) is 0 Å². The van der Waals surface area contributed by atoms with Gasteiger partial charge in [-0.2, -0.15) is 5.12 Å². The number of nitrogens with zero attached hydrogens (tertiary/aromatic N) is 1. The zero-order valence-electron chi connectivity index (χ0n) is 11.4. The van der Waals surface area contributed by atoms with Gasteiger partial charge in [-0.1, -0.05) is 24.4 Å². The van der Waals surface area contributed by atoms with Crippen molar-refractivity contribution in [3.8, 4) is 0 Å². The second-order valence-electron chi connectivity index (χ2n) is 5.64. The smallest absolute Gasteiger partial charge is 0.266 e. The number of benzene rings is 1. The van der Waals surface area contributed by atoms with Crippen molar-refractivity contribution < 1.29 is 13.7 Å². The molecular formula is C14H19F2NO. The summed E-state index contributed by atoms with van der Waals surface area (Å²) in [5.74, 6) is -1.31. The van der Waals surface area contributed by atoms with Gasteiger partial charge in [0.25, 0.3) is 5.91 Å². The van der Waals surface area contributed by atoms with Gasteiger partial charge in [0.15, 0.2) is 0 Å². The lowest BCUT2D eigenvalue weighted by molar-refractivity contribution is -0.0323. The maximum absolute atomic E-state index is 13.9. The fraction of sp³-hybridized carbons (Fsp3) is 0.500. The Kier molecular flexibility index (Phi) is 4.09. The van der Waals surface area contributed by atoms with Crippen molar-refractivity contribution in [3.63, 3.8) is 0 Å². The summed E-state index contributed by atoms with van der Waals surface area (Å²) in [6.45, 7) is 8.51. The Morgan fingerprint density at radius 1 is 1.28 bits per heavy atom. The number of hydrogen-bond donors (Lipinski definition) is 0. The highest BCUT2D eigenvalue weighted by molar-refractivity contribution is 5.95. The maximum atomic E-state index is 13.9. The second kappa shape index (κ2) is 5.04. The van der Waals surface area contributed by atoms with Crippen LogP contribution in [0, 0.1) is 5.82 Å². The molecule has 100 valence electrons. The molecule has 0 atom stereocenters. The molecule has 4 heteroatoms. The molecule has 0 fully saturated rings. The highest BCUT2D eigenvalue weighted by Gasteiger charge is 2.29. The Morgan fingerprint density at radius 2 is 1.83 bits per heavy atom. The maximum Gasteiger partial charge on any atom is 0.282 e. The summed E-state index contributed by atoms with van der Waals surface area (Å²) in [5.41, 5.74) is -0.215. The molecular weight excluding hydrogens is 236 g/mol. The lowest BCUT2D eigenvalue weighted by Crippen LogP contribution is -2.39. The number of rotatable bonds is 2. The fourth-order valence-corrected chi connectivity index (χ4v) is 1.63. The van der Waals surface area contributed by atoms with E-state index in [0.29, 0.717) is 5.56 Å². The highest BCUT2D eigenvalue weighted by atomic mass is 19.2. The average Bonchev–Trinajstić information content (AvgIpc) is 2.25. The normalized spacial score (nSPS) is 11.8. The quantitative estimate of drug-likeness (QED) is 0.729. The number of carbonyl (C=O) groups is 1. The van der Waals surface area contributed by atoms with E-state index in [0.717, 1.165) is 6.07 Å². The minimum atomic E-state index is -0.947. The molecule has 1 rings (SSSR count). The van der Waals surface area contributed by atoms with E-state index in [1.54, 1.807) is 20.8 Å². The number of amides is 1. The van der Waals surface area contributed by atoms with E-state index in [1.165, 1.54) is 12.1 Å². The molecule has 0 radical (unpaired) electrons. The Bertz CT molecular complexity index is 450. The van der Waals surface area contributed by atoms with Gasteiger partial charge < -0.3 is 0 Å². The van der Waals surface area contributed by atoms with Crippen molar-refractivity contribution >= 4 is 5.91 Å². The lowest BCUT2D eigenvalue weighted by atomic mass is 9.95. The molecule has 0 bridgehead atoms. The van der Waals surface area contributed by atoms with E-state index < -0.39 is 17.3 Å². The van der Waals surface area contributed by atoms with Crippen molar-refractivity contribution in [1.29, 1.82) is 0 Å². The van der Waals surface area contributed by atoms with Crippen molar-refractivity contribution in [2.24, 2.45) is 0 Å². The largest absolute Gasteiger partial charge is 0.282 e. The van der Waals surface area contributed by atoms with Gasteiger partial charge in [0, 0.05) is 5.56 Å². The molecule has 0 N–H and O–H groups in total. The van der Waals surface area contributed by atoms with Gasteiger partial charge in [0.1, 0.15) is 5.82 Å². The van der Waals surface area contributed by atoms with Gasteiger partial charge in [-0.15, -0.1) is 0 Å². The van der Waals surface area contributed by atoms with Crippen LogP contribution in [-0.2, 0) is 0 Å².